The highest BCUT2D eigenvalue weighted by Crippen LogP contribution is 2.31. The number of ether oxygens (including phenoxy) is 2. The minimum atomic E-state index is -0.564. The van der Waals surface area contributed by atoms with Crippen LogP contribution in [0.3, 0.4) is 0 Å². The predicted octanol–water partition coefficient (Wildman–Crippen LogP) is 1.95. The number of rotatable bonds is 9. The maximum atomic E-state index is 13.6. The minimum absolute atomic E-state index is 0.0158. The van der Waals surface area contributed by atoms with E-state index < -0.39 is 6.04 Å². The van der Waals surface area contributed by atoms with Gasteiger partial charge in [0.05, 0.1) is 19.4 Å². The Hall–Kier alpha value is -4.02. The molecule has 2 aliphatic rings. The van der Waals surface area contributed by atoms with Gasteiger partial charge in [-0.15, -0.1) is 0 Å². The molecule has 0 saturated carbocycles. The molecule has 1 fully saturated rings. The minimum Gasteiger partial charge on any atom is -0.496 e. The third kappa shape index (κ3) is 5.78. The van der Waals surface area contributed by atoms with Crippen molar-refractivity contribution in [3.63, 3.8) is 0 Å². The van der Waals surface area contributed by atoms with Gasteiger partial charge in [-0.2, -0.15) is 0 Å². The summed E-state index contributed by atoms with van der Waals surface area (Å²) in [4.78, 5) is 39.4. The molecule has 0 bridgehead atoms. The zero-order chi connectivity index (χ0) is 28.1. The van der Waals surface area contributed by atoms with Gasteiger partial charge in [0, 0.05) is 62.4 Å². The standard InChI is InChI=1S/C30H36N6O4/c1-32-28(37)26-15-23(17-36(26)30(38)21-8-9-22(16-31)27(14-21)39-2)35-12-10-24-25(18-35)33-19-34-29(24)40-13-11-20-6-4-3-5-7-20/h3-9,14,19,23,26H,10-13,15-18,31H2,1-2H3,(H,32,37)/t23-,26-/m0/s1. The molecule has 5 rings (SSSR count). The van der Waals surface area contributed by atoms with E-state index in [4.69, 9.17) is 15.2 Å². The Bertz CT molecular complexity index is 1350. The van der Waals surface area contributed by atoms with Gasteiger partial charge in [0.25, 0.3) is 5.91 Å². The first-order valence-corrected chi connectivity index (χ1v) is 13.7. The van der Waals surface area contributed by atoms with Crippen LogP contribution in [0.1, 0.15) is 39.2 Å². The Morgan fingerprint density at radius 2 is 1.98 bits per heavy atom. The van der Waals surface area contributed by atoms with Crippen LogP contribution >= 0.6 is 0 Å². The SMILES string of the molecule is CNC(=O)[C@@H]1C[C@H](N2CCc3c(ncnc3OCCc3ccccc3)C2)CN1C(=O)c1ccc(CN)c(OC)c1. The van der Waals surface area contributed by atoms with E-state index in [2.05, 4.69) is 32.3 Å². The number of nitrogens with one attached hydrogen (secondary N) is 1. The summed E-state index contributed by atoms with van der Waals surface area (Å²) in [6.07, 6.45) is 3.64. The fraction of sp³-hybridized carbons (Fsp3) is 0.400. The molecule has 0 spiro atoms. The van der Waals surface area contributed by atoms with Gasteiger partial charge in [-0.3, -0.25) is 14.5 Å². The predicted molar refractivity (Wildman–Crippen MR) is 150 cm³/mol. The second-order valence-corrected chi connectivity index (χ2v) is 10.1. The van der Waals surface area contributed by atoms with E-state index in [9.17, 15) is 9.59 Å². The molecule has 0 radical (unpaired) electrons. The lowest BCUT2D eigenvalue weighted by molar-refractivity contribution is -0.124. The Morgan fingerprint density at radius 3 is 2.73 bits per heavy atom. The number of likely N-dealkylation sites (tertiary alicyclic amines) is 1. The molecule has 210 valence electrons. The first kappa shape index (κ1) is 27.5. The number of amides is 2. The molecule has 1 saturated heterocycles. The van der Waals surface area contributed by atoms with Gasteiger partial charge in [-0.1, -0.05) is 36.4 Å². The van der Waals surface area contributed by atoms with Crippen LogP contribution in [0, 0.1) is 0 Å². The molecule has 3 heterocycles. The van der Waals surface area contributed by atoms with Crippen LogP contribution in [0.2, 0.25) is 0 Å². The van der Waals surface area contributed by atoms with Crippen LogP contribution in [0.4, 0.5) is 0 Å². The number of methoxy groups -OCH3 is 1. The Labute approximate surface area is 234 Å². The normalized spacial score (nSPS) is 18.7. The van der Waals surface area contributed by atoms with Gasteiger partial charge in [0.1, 0.15) is 18.1 Å². The third-order valence-electron chi connectivity index (χ3n) is 7.83. The summed E-state index contributed by atoms with van der Waals surface area (Å²) in [5.41, 5.74) is 10.3. The van der Waals surface area contributed by atoms with Gasteiger partial charge in [0.15, 0.2) is 0 Å². The molecule has 2 atom stereocenters. The number of carbonyl (C=O) groups excluding carboxylic acids is 2. The summed E-state index contributed by atoms with van der Waals surface area (Å²) < 4.78 is 11.5. The van der Waals surface area contributed by atoms with Gasteiger partial charge >= 0.3 is 0 Å². The summed E-state index contributed by atoms with van der Waals surface area (Å²) in [5.74, 6) is 0.832. The van der Waals surface area contributed by atoms with Crippen LogP contribution < -0.4 is 20.5 Å². The number of aromatic nitrogens is 2. The Balaban J connectivity index is 1.28. The van der Waals surface area contributed by atoms with Crippen molar-refractivity contribution in [2.24, 2.45) is 5.73 Å². The zero-order valence-corrected chi connectivity index (χ0v) is 23.0. The van der Waals surface area contributed by atoms with Gasteiger partial charge in [-0.05, 0) is 30.5 Å². The lowest BCUT2D eigenvalue weighted by Gasteiger charge is -2.33. The Kier molecular flexibility index (Phi) is 8.57. The summed E-state index contributed by atoms with van der Waals surface area (Å²) in [7, 11) is 3.16. The number of hydrogen-bond donors (Lipinski definition) is 2. The number of nitrogens with two attached hydrogens (primary N) is 1. The number of fused-ring (bicyclic) bond motifs is 1. The maximum Gasteiger partial charge on any atom is 0.254 e. The second kappa shape index (κ2) is 12.4. The van der Waals surface area contributed by atoms with Gasteiger partial charge < -0.3 is 25.4 Å². The molecule has 0 aliphatic carbocycles. The van der Waals surface area contributed by atoms with E-state index in [0.29, 0.717) is 49.9 Å². The fourth-order valence-corrected chi connectivity index (χ4v) is 5.62. The number of nitrogens with zero attached hydrogens (tertiary/aromatic N) is 4. The number of benzene rings is 2. The molecule has 10 heteroatoms. The molecule has 1 aromatic heterocycles. The molecular formula is C30H36N6O4. The molecule has 0 unspecified atom stereocenters. The van der Waals surface area contributed by atoms with Gasteiger partial charge in [0.2, 0.25) is 11.8 Å². The topological polar surface area (TPSA) is 123 Å². The van der Waals surface area contributed by atoms with E-state index >= 15 is 0 Å². The largest absolute Gasteiger partial charge is 0.496 e. The van der Waals surface area contributed by atoms with Crippen molar-refractivity contribution < 1.29 is 19.1 Å². The smallest absolute Gasteiger partial charge is 0.254 e. The summed E-state index contributed by atoms with van der Waals surface area (Å²) in [5, 5.41) is 2.73. The van der Waals surface area contributed by atoms with Crippen LogP contribution in [0.15, 0.2) is 54.9 Å². The second-order valence-electron chi connectivity index (χ2n) is 10.1. The molecule has 3 N–H and O–H groups in total. The molecule has 2 amide bonds. The molecule has 2 aromatic carbocycles. The molecule has 2 aliphatic heterocycles. The van der Waals surface area contributed by atoms with Crippen LogP contribution in [0.5, 0.6) is 11.6 Å². The average molecular weight is 545 g/mol. The van der Waals surface area contributed by atoms with Crippen molar-refractivity contribution in [1.82, 2.24) is 25.1 Å². The van der Waals surface area contributed by atoms with E-state index in [-0.39, 0.29) is 17.9 Å². The first-order chi connectivity index (χ1) is 19.5. The highest BCUT2D eigenvalue weighted by atomic mass is 16.5. The highest BCUT2D eigenvalue weighted by Gasteiger charge is 2.42. The molecule has 3 aromatic rings. The number of likely N-dealkylation sites (N-methyl/N-ethyl adjacent to an activating group) is 1. The molecule has 10 nitrogen and oxygen atoms in total. The number of carbonyl (C=O) groups is 2. The monoisotopic (exact) mass is 544 g/mol. The van der Waals surface area contributed by atoms with E-state index in [1.807, 2.05) is 18.2 Å². The van der Waals surface area contributed by atoms with E-state index in [0.717, 1.165) is 36.2 Å². The van der Waals surface area contributed by atoms with E-state index in [1.165, 1.54) is 5.56 Å². The van der Waals surface area contributed by atoms with Crippen LogP contribution in [-0.4, -0.2) is 77.5 Å². The van der Waals surface area contributed by atoms with E-state index in [1.54, 1.807) is 43.6 Å². The maximum absolute atomic E-state index is 13.6. The van der Waals surface area contributed by atoms with Crippen molar-refractivity contribution in [2.75, 3.05) is 33.9 Å². The fourth-order valence-electron chi connectivity index (χ4n) is 5.62. The molecule has 40 heavy (non-hydrogen) atoms. The number of hydrogen-bond acceptors (Lipinski definition) is 8. The lowest BCUT2D eigenvalue weighted by Crippen LogP contribution is -2.45. The Morgan fingerprint density at radius 1 is 1.15 bits per heavy atom. The third-order valence-corrected chi connectivity index (χ3v) is 7.83. The zero-order valence-electron chi connectivity index (χ0n) is 23.0. The molecular weight excluding hydrogens is 508 g/mol. The summed E-state index contributed by atoms with van der Waals surface area (Å²) in [6.45, 7) is 2.67. The van der Waals surface area contributed by atoms with Crippen LogP contribution in [0.25, 0.3) is 0 Å². The van der Waals surface area contributed by atoms with Crippen molar-refractivity contribution in [1.29, 1.82) is 0 Å². The van der Waals surface area contributed by atoms with Crippen molar-refractivity contribution in [3.05, 3.63) is 82.8 Å². The lowest BCUT2D eigenvalue weighted by atomic mass is 10.0. The van der Waals surface area contributed by atoms with Crippen LogP contribution in [-0.2, 0) is 30.7 Å². The first-order valence-electron chi connectivity index (χ1n) is 13.7. The van der Waals surface area contributed by atoms with Crippen molar-refractivity contribution in [2.45, 2.75) is 44.4 Å². The summed E-state index contributed by atoms with van der Waals surface area (Å²) in [6, 6.07) is 14.9. The van der Waals surface area contributed by atoms with Gasteiger partial charge in [-0.25, -0.2) is 9.97 Å². The quantitative estimate of drug-likeness (QED) is 0.419. The van der Waals surface area contributed by atoms with Crippen molar-refractivity contribution in [3.8, 4) is 11.6 Å². The van der Waals surface area contributed by atoms with Crippen molar-refractivity contribution >= 4 is 11.8 Å². The summed E-state index contributed by atoms with van der Waals surface area (Å²) >= 11 is 0. The average Bonchev–Trinajstić information content (AvgIpc) is 3.46. The highest BCUT2D eigenvalue weighted by molar-refractivity contribution is 5.98.